The highest BCUT2D eigenvalue weighted by Gasteiger charge is 2.31. The first kappa shape index (κ1) is 34.0. The van der Waals surface area contributed by atoms with Crippen molar-refractivity contribution in [3.8, 4) is 11.5 Å². The van der Waals surface area contributed by atoms with Crippen molar-refractivity contribution in [1.29, 1.82) is 0 Å². The third kappa shape index (κ3) is 9.55. The van der Waals surface area contributed by atoms with E-state index in [2.05, 4.69) is 20.9 Å². The summed E-state index contributed by atoms with van der Waals surface area (Å²) in [7, 11) is 0. The Morgan fingerprint density at radius 3 is 1.77 bits per heavy atom. The summed E-state index contributed by atoms with van der Waals surface area (Å²) < 4.78 is 0. The zero-order valence-electron chi connectivity index (χ0n) is 25.2. The van der Waals surface area contributed by atoms with Gasteiger partial charge in [0.25, 0.3) is 0 Å². The molecule has 0 saturated heterocycles. The lowest BCUT2D eigenvalue weighted by molar-refractivity contribution is -0.142. The third-order valence-electron chi connectivity index (χ3n) is 7.49. The first-order valence-electron chi connectivity index (χ1n) is 14.7. The van der Waals surface area contributed by atoms with Gasteiger partial charge in [-0.25, -0.2) is 4.79 Å². The first-order valence-corrected chi connectivity index (χ1v) is 14.7. The van der Waals surface area contributed by atoms with E-state index in [0.717, 1.165) is 16.5 Å². The molecule has 14 nitrogen and oxygen atoms in total. The SMILES string of the molecule is NC(=O)CC(NC(=O)C(N)Cc1c[nH]c2ccccc12)C(=O)NC(Cc1ccc(O)cc1)C(=O)NC(Cc1ccc(O)cc1)C(=O)O. The zero-order chi connectivity index (χ0) is 34.1. The molecule has 0 fully saturated rings. The smallest absolute Gasteiger partial charge is 0.326 e. The van der Waals surface area contributed by atoms with Crippen molar-refractivity contribution in [2.45, 2.75) is 49.9 Å². The van der Waals surface area contributed by atoms with Gasteiger partial charge in [-0.2, -0.15) is 0 Å². The Bertz CT molecular complexity index is 1740. The topological polar surface area (TPSA) is 250 Å². The van der Waals surface area contributed by atoms with Crippen LogP contribution in [0.5, 0.6) is 11.5 Å². The summed E-state index contributed by atoms with van der Waals surface area (Å²) in [5.41, 5.74) is 14.2. The van der Waals surface area contributed by atoms with Crippen molar-refractivity contribution in [1.82, 2.24) is 20.9 Å². The number of carbonyl (C=O) groups excluding carboxylic acids is 4. The van der Waals surface area contributed by atoms with Crippen molar-refractivity contribution < 1.29 is 39.3 Å². The van der Waals surface area contributed by atoms with Gasteiger partial charge in [-0.1, -0.05) is 42.5 Å². The highest BCUT2D eigenvalue weighted by Crippen LogP contribution is 2.19. The lowest BCUT2D eigenvalue weighted by atomic mass is 10.0. The number of carboxylic acids is 1. The van der Waals surface area contributed by atoms with E-state index < -0.39 is 60.2 Å². The lowest BCUT2D eigenvalue weighted by Crippen LogP contribution is -2.58. The van der Waals surface area contributed by atoms with E-state index in [4.69, 9.17) is 11.5 Å². The molecule has 3 aromatic carbocycles. The molecule has 14 heteroatoms. The molecule has 47 heavy (non-hydrogen) atoms. The van der Waals surface area contributed by atoms with Crippen LogP contribution in [0.1, 0.15) is 23.1 Å². The van der Waals surface area contributed by atoms with Gasteiger partial charge in [0.2, 0.25) is 23.6 Å². The number of aromatic amines is 1. The molecule has 11 N–H and O–H groups in total. The number of primary amides is 1. The highest BCUT2D eigenvalue weighted by atomic mass is 16.4. The van der Waals surface area contributed by atoms with Crippen LogP contribution in [0.3, 0.4) is 0 Å². The molecule has 4 unspecified atom stereocenters. The second-order valence-electron chi connectivity index (χ2n) is 11.1. The number of nitrogens with two attached hydrogens (primary N) is 2. The maximum absolute atomic E-state index is 13.5. The van der Waals surface area contributed by atoms with Crippen LogP contribution in [0.25, 0.3) is 10.9 Å². The van der Waals surface area contributed by atoms with Crippen LogP contribution in [0, 0.1) is 0 Å². The van der Waals surface area contributed by atoms with Gasteiger partial charge in [0, 0.05) is 29.9 Å². The van der Waals surface area contributed by atoms with E-state index >= 15 is 0 Å². The Balaban J connectivity index is 1.50. The Morgan fingerprint density at radius 1 is 0.681 bits per heavy atom. The Morgan fingerprint density at radius 2 is 1.19 bits per heavy atom. The zero-order valence-corrected chi connectivity index (χ0v) is 25.2. The fraction of sp³-hybridized carbons (Fsp3) is 0.242. The van der Waals surface area contributed by atoms with Crippen LogP contribution in [0.4, 0.5) is 0 Å². The Hall–Kier alpha value is -5.89. The van der Waals surface area contributed by atoms with Gasteiger partial charge in [-0.05, 0) is 53.4 Å². The number of carboxylic acid groups (broad SMARTS) is 1. The van der Waals surface area contributed by atoms with Gasteiger partial charge in [-0.3, -0.25) is 19.2 Å². The number of phenols is 2. The normalized spacial score (nSPS) is 13.6. The number of carbonyl (C=O) groups is 5. The van der Waals surface area contributed by atoms with Gasteiger partial charge in [0.15, 0.2) is 0 Å². The first-order chi connectivity index (χ1) is 22.4. The number of rotatable bonds is 15. The lowest BCUT2D eigenvalue weighted by Gasteiger charge is -2.25. The Kier molecular flexibility index (Phi) is 11.1. The van der Waals surface area contributed by atoms with Crippen LogP contribution >= 0.6 is 0 Å². The minimum atomic E-state index is -1.50. The van der Waals surface area contributed by atoms with E-state index in [9.17, 15) is 39.3 Å². The van der Waals surface area contributed by atoms with Crippen molar-refractivity contribution in [2.24, 2.45) is 11.5 Å². The standard InChI is InChI=1S/C33H36N6O8/c34-24(15-20-17-36-25-4-2-1-3-23(20)25)30(43)37-27(16-29(35)42)32(45)38-26(13-18-5-9-21(40)10-6-18)31(44)39-28(33(46)47)14-19-7-11-22(41)12-8-19/h1-12,17,24,26-28,36,40-41H,13-16,34H2,(H2,35,42)(H,37,43)(H,38,45)(H,39,44)(H,46,47). The van der Waals surface area contributed by atoms with Crippen LogP contribution in [0.15, 0.2) is 79.0 Å². The Labute approximate surface area is 269 Å². The van der Waals surface area contributed by atoms with Gasteiger partial charge < -0.3 is 47.7 Å². The molecule has 4 rings (SSSR count). The molecule has 0 aliphatic carbocycles. The second-order valence-corrected chi connectivity index (χ2v) is 11.1. The molecule has 0 aliphatic heterocycles. The molecule has 0 radical (unpaired) electrons. The number of amides is 4. The van der Waals surface area contributed by atoms with Gasteiger partial charge in [0.05, 0.1) is 12.5 Å². The number of aromatic hydroxyl groups is 2. The predicted octanol–water partition coefficient (Wildman–Crippen LogP) is 0.349. The maximum atomic E-state index is 13.5. The summed E-state index contributed by atoms with van der Waals surface area (Å²) >= 11 is 0. The van der Waals surface area contributed by atoms with Crippen LogP contribution < -0.4 is 27.4 Å². The molecule has 0 aliphatic rings. The number of hydrogen-bond acceptors (Lipinski definition) is 8. The predicted molar refractivity (Wildman–Crippen MR) is 171 cm³/mol. The molecule has 0 spiro atoms. The number of aromatic nitrogens is 1. The van der Waals surface area contributed by atoms with Crippen LogP contribution in [-0.4, -0.2) is 74.1 Å². The molecule has 0 bridgehead atoms. The molecule has 0 saturated carbocycles. The van der Waals surface area contributed by atoms with E-state index in [1.165, 1.54) is 48.5 Å². The molecule has 4 amide bonds. The molecular formula is C33H36N6O8. The average molecular weight is 645 g/mol. The number of para-hydroxylation sites is 1. The molecular weight excluding hydrogens is 608 g/mol. The van der Waals surface area contributed by atoms with E-state index in [-0.39, 0.29) is 30.8 Å². The van der Waals surface area contributed by atoms with Gasteiger partial charge in [-0.15, -0.1) is 0 Å². The second kappa shape index (κ2) is 15.4. The molecule has 1 heterocycles. The fourth-order valence-corrected chi connectivity index (χ4v) is 5.01. The molecule has 4 aromatic rings. The highest BCUT2D eigenvalue weighted by molar-refractivity contribution is 5.96. The summed E-state index contributed by atoms with van der Waals surface area (Å²) in [4.78, 5) is 67.1. The number of hydrogen-bond donors (Lipinski definition) is 9. The number of fused-ring (bicyclic) bond motifs is 1. The van der Waals surface area contributed by atoms with Gasteiger partial charge in [0.1, 0.15) is 29.6 Å². The van der Waals surface area contributed by atoms with E-state index in [1.54, 1.807) is 6.20 Å². The summed E-state index contributed by atoms with van der Waals surface area (Å²) in [5.74, 6) is -4.83. The van der Waals surface area contributed by atoms with Crippen LogP contribution in [-0.2, 0) is 43.2 Å². The average Bonchev–Trinajstić information content (AvgIpc) is 3.44. The minimum Gasteiger partial charge on any atom is -0.508 e. The summed E-state index contributed by atoms with van der Waals surface area (Å²) in [6, 6.07) is 13.6. The molecule has 246 valence electrons. The minimum absolute atomic E-state index is 0.0159. The van der Waals surface area contributed by atoms with Crippen molar-refractivity contribution in [2.75, 3.05) is 0 Å². The summed E-state index contributed by atoms with van der Waals surface area (Å²) in [6.07, 6.45) is 0.967. The number of phenolic OH excluding ortho intramolecular Hbond substituents is 2. The van der Waals surface area contributed by atoms with E-state index in [1.807, 2.05) is 24.3 Å². The number of H-pyrrole nitrogens is 1. The maximum Gasteiger partial charge on any atom is 0.326 e. The van der Waals surface area contributed by atoms with Crippen molar-refractivity contribution in [3.63, 3.8) is 0 Å². The van der Waals surface area contributed by atoms with Crippen molar-refractivity contribution >= 4 is 40.5 Å². The number of nitrogens with one attached hydrogen (secondary N) is 4. The van der Waals surface area contributed by atoms with Crippen molar-refractivity contribution in [3.05, 3.63) is 95.7 Å². The number of aliphatic carboxylic acids is 1. The third-order valence-corrected chi connectivity index (χ3v) is 7.49. The quantitative estimate of drug-likeness (QED) is 0.0864. The molecule has 1 aromatic heterocycles. The largest absolute Gasteiger partial charge is 0.508 e. The van der Waals surface area contributed by atoms with Crippen LogP contribution in [0.2, 0.25) is 0 Å². The fourth-order valence-electron chi connectivity index (χ4n) is 5.01. The summed E-state index contributed by atoms with van der Waals surface area (Å²) in [6.45, 7) is 0. The number of benzene rings is 3. The van der Waals surface area contributed by atoms with E-state index in [0.29, 0.717) is 11.1 Å². The van der Waals surface area contributed by atoms with Gasteiger partial charge >= 0.3 is 5.97 Å². The summed E-state index contributed by atoms with van der Waals surface area (Å²) in [5, 5.41) is 37.3. The monoisotopic (exact) mass is 644 g/mol. The molecule has 4 atom stereocenters.